The Kier molecular flexibility index (Phi) is 3.83. The molecule has 1 aliphatic heterocycles. The van der Waals surface area contributed by atoms with Gasteiger partial charge in [-0.15, -0.1) is 0 Å². The van der Waals surface area contributed by atoms with Crippen LogP contribution in [0.1, 0.15) is 20.7 Å². The molecule has 23 heavy (non-hydrogen) atoms. The minimum atomic E-state index is -4.01. The van der Waals surface area contributed by atoms with Crippen LogP contribution in [0, 0.1) is 0 Å². The molecule has 0 N–H and O–H groups in total. The van der Waals surface area contributed by atoms with E-state index in [-0.39, 0.29) is 21.0 Å². The summed E-state index contributed by atoms with van der Waals surface area (Å²) >= 11 is 5.87. The fourth-order valence-corrected chi connectivity index (χ4v) is 3.82. The molecule has 1 heterocycles. The van der Waals surface area contributed by atoms with Crippen LogP contribution in [-0.2, 0) is 14.8 Å². The Hall–Kier alpha value is -2.38. The number of esters is 1. The number of hydrogen-bond acceptors (Lipinski definition) is 5. The predicted molar refractivity (Wildman–Crippen MR) is 81.5 cm³/mol. The molecule has 1 amide bonds. The monoisotopic (exact) mass is 351 g/mol. The molecule has 0 bridgehead atoms. The van der Waals surface area contributed by atoms with Gasteiger partial charge in [-0.2, -0.15) is 4.31 Å². The van der Waals surface area contributed by atoms with Crippen molar-refractivity contribution >= 4 is 33.5 Å². The minimum absolute atomic E-state index is 0.0568. The van der Waals surface area contributed by atoms with Crippen LogP contribution in [0.3, 0.4) is 0 Å². The molecule has 0 saturated heterocycles. The Morgan fingerprint density at radius 2 is 1.74 bits per heavy atom. The van der Waals surface area contributed by atoms with E-state index in [2.05, 4.69) is 0 Å². The Balaban J connectivity index is 1.81. The zero-order valence-corrected chi connectivity index (χ0v) is 13.2. The van der Waals surface area contributed by atoms with Gasteiger partial charge in [-0.3, -0.25) is 4.79 Å². The van der Waals surface area contributed by atoms with E-state index in [9.17, 15) is 18.0 Å². The van der Waals surface area contributed by atoms with Gasteiger partial charge >= 0.3 is 5.97 Å². The number of amides is 1. The minimum Gasteiger partial charge on any atom is -0.439 e. The molecule has 0 radical (unpaired) electrons. The lowest BCUT2D eigenvalue weighted by atomic mass is 10.2. The van der Waals surface area contributed by atoms with Crippen LogP contribution in [0.15, 0.2) is 53.4 Å². The van der Waals surface area contributed by atoms with Crippen LogP contribution in [0.4, 0.5) is 0 Å². The summed E-state index contributed by atoms with van der Waals surface area (Å²) in [5, 5.41) is 0.177. The average molecular weight is 352 g/mol. The highest BCUT2D eigenvalue weighted by molar-refractivity contribution is 7.90. The maximum atomic E-state index is 12.3. The summed E-state index contributed by atoms with van der Waals surface area (Å²) in [6.45, 7) is -0.708. The molecule has 6 nitrogen and oxygen atoms in total. The normalized spacial score (nSPS) is 15.3. The lowest BCUT2D eigenvalue weighted by molar-refractivity contribution is 0.0358. The van der Waals surface area contributed by atoms with Crippen molar-refractivity contribution in [3.05, 3.63) is 64.7 Å². The third-order valence-electron chi connectivity index (χ3n) is 3.32. The number of rotatable bonds is 3. The maximum Gasteiger partial charge on any atom is 0.341 e. The van der Waals surface area contributed by atoms with E-state index in [1.54, 1.807) is 18.2 Å². The number of sulfonamides is 1. The van der Waals surface area contributed by atoms with Gasteiger partial charge in [-0.1, -0.05) is 35.9 Å². The molecule has 0 fully saturated rings. The van der Waals surface area contributed by atoms with Gasteiger partial charge in [0.1, 0.15) is 4.90 Å². The van der Waals surface area contributed by atoms with Gasteiger partial charge in [0, 0.05) is 0 Å². The van der Waals surface area contributed by atoms with Gasteiger partial charge < -0.3 is 4.74 Å². The highest BCUT2D eigenvalue weighted by Crippen LogP contribution is 2.29. The van der Waals surface area contributed by atoms with E-state index in [4.69, 9.17) is 16.3 Å². The fourth-order valence-electron chi connectivity index (χ4n) is 2.18. The Morgan fingerprint density at radius 3 is 2.43 bits per heavy atom. The molecule has 0 unspecified atom stereocenters. The number of carbonyl (C=O) groups is 2. The molecule has 3 rings (SSSR count). The quantitative estimate of drug-likeness (QED) is 0.792. The average Bonchev–Trinajstić information content (AvgIpc) is 2.73. The first-order valence-corrected chi connectivity index (χ1v) is 8.32. The molecular weight excluding hydrogens is 342 g/mol. The van der Waals surface area contributed by atoms with Crippen molar-refractivity contribution in [3.8, 4) is 0 Å². The van der Waals surface area contributed by atoms with Crippen LogP contribution >= 0.6 is 11.6 Å². The lowest BCUT2D eigenvalue weighted by Crippen LogP contribution is -2.33. The number of ether oxygens (including phenoxy) is 1. The highest BCUT2D eigenvalue weighted by Gasteiger charge is 2.41. The highest BCUT2D eigenvalue weighted by atomic mass is 35.5. The molecule has 0 atom stereocenters. The summed E-state index contributed by atoms with van der Waals surface area (Å²) in [7, 11) is -4.01. The van der Waals surface area contributed by atoms with Crippen molar-refractivity contribution in [1.82, 2.24) is 4.31 Å². The second-order valence-electron chi connectivity index (χ2n) is 4.70. The summed E-state index contributed by atoms with van der Waals surface area (Å²) in [5.41, 5.74) is 0.150. The number of fused-ring (bicyclic) bond motifs is 1. The van der Waals surface area contributed by atoms with Gasteiger partial charge in [-0.25, -0.2) is 13.2 Å². The molecule has 0 aromatic heterocycles. The molecule has 8 heteroatoms. The van der Waals surface area contributed by atoms with E-state index < -0.39 is 28.6 Å². The summed E-state index contributed by atoms with van der Waals surface area (Å²) in [6, 6.07) is 12.0. The molecule has 2 aromatic carbocycles. The Labute approximate surface area is 137 Å². The smallest absolute Gasteiger partial charge is 0.341 e. The SMILES string of the molecule is O=C(OCN1C(=O)c2ccccc2S1(=O)=O)c1ccccc1Cl. The predicted octanol–water partition coefficient (Wildman–Crippen LogP) is 2.30. The number of carbonyl (C=O) groups excluding carboxylic acids is 2. The zero-order chi connectivity index (χ0) is 16.6. The van der Waals surface area contributed by atoms with Crippen LogP contribution < -0.4 is 0 Å². The third kappa shape index (κ3) is 2.58. The first kappa shape index (κ1) is 15.5. The summed E-state index contributed by atoms with van der Waals surface area (Å²) in [5.74, 6) is -1.54. The largest absolute Gasteiger partial charge is 0.439 e. The van der Waals surface area contributed by atoms with Gasteiger partial charge in [0.05, 0.1) is 16.1 Å². The van der Waals surface area contributed by atoms with Crippen molar-refractivity contribution in [2.24, 2.45) is 0 Å². The van der Waals surface area contributed by atoms with Gasteiger partial charge in [0.2, 0.25) is 0 Å². The second-order valence-corrected chi connectivity index (χ2v) is 6.93. The molecular formula is C15H10ClNO5S. The second kappa shape index (κ2) is 5.68. The molecule has 0 spiro atoms. The lowest BCUT2D eigenvalue weighted by Gasteiger charge is -2.15. The Morgan fingerprint density at radius 1 is 1.09 bits per heavy atom. The molecule has 1 aliphatic rings. The van der Waals surface area contributed by atoms with Gasteiger partial charge in [0.25, 0.3) is 15.9 Å². The first-order chi connectivity index (χ1) is 10.9. The van der Waals surface area contributed by atoms with Crippen LogP contribution in [0.5, 0.6) is 0 Å². The van der Waals surface area contributed by atoms with Crippen molar-refractivity contribution in [1.29, 1.82) is 0 Å². The number of benzene rings is 2. The van der Waals surface area contributed by atoms with Crippen molar-refractivity contribution in [3.63, 3.8) is 0 Å². The maximum absolute atomic E-state index is 12.3. The molecule has 2 aromatic rings. The van der Waals surface area contributed by atoms with E-state index in [1.165, 1.54) is 30.3 Å². The molecule has 0 saturated carbocycles. The van der Waals surface area contributed by atoms with Crippen LogP contribution in [0.25, 0.3) is 0 Å². The Bertz CT molecular complexity index is 910. The van der Waals surface area contributed by atoms with E-state index in [0.717, 1.165) is 0 Å². The third-order valence-corrected chi connectivity index (χ3v) is 5.41. The van der Waals surface area contributed by atoms with E-state index in [0.29, 0.717) is 4.31 Å². The summed E-state index contributed by atoms with van der Waals surface area (Å²) in [6.07, 6.45) is 0. The standard InChI is InChI=1S/C15H10ClNO5S/c16-12-7-3-1-5-10(12)15(19)22-9-17-14(18)11-6-2-4-8-13(11)23(17,20)21/h1-8H,9H2. The van der Waals surface area contributed by atoms with Crippen LogP contribution in [0.2, 0.25) is 5.02 Å². The number of hydrogen-bond donors (Lipinski definition) is 0. The molecule has 118 valence electrons. The van der Waals surface area contributed by atoms with E-state index >= 15 is 0 Å². The van der Waals surface area contributed by atoms with Gasteiger partial charge in [0.15, 0.2) is 6.73 Å². The summed E-state index contributed by atoms with van der Waals surface area (Å²) in [4.78, 5) is 24.0. The van der Waals surface area contributed by atoms with Gasteiger partial charge in [-0.05, 0) is 24.3 Å². The topological polar surface area (TPSA) is 80.8 Å². The molecule has 0 aliphatic carbocycles. The number of halogens is 1. The first-order valence-electron chi connectivity index (χ1n) is 6.50. The van der Waals surface area contributed by atoms with Crippen molar-refractivity contribution in [2.45, 2.75) is 4.90 Å². The van der Waals surface area contributed by atoms with E-state index in [1.807, 2.05) is 0 Å². The van der Waals surface area contributed by atoms with Crippen molar-refractivity contribution in [2.75, 3.05) is 6.73 Å². The number of nitrogens with zero attached hydrogens (tertiary/aromatic N) is 1. The van der Waals surface area contributed by atoms with Crippen molar-refractivity contribution < 1.29 is 22.7 Å². The fraction of sp³-hybridized carbons (Fsp3) is 0.0667. The summed E-state index contributed by atoms with van der Waals surface area (Å²) < 4.78 is 30.0. The zero-order valence-electron chi connectivity index (χ0n) is 11.6. The van der Waals surface area contributed by atoms with Crippen LogP contribution in [-0.4, -0.2) is 31.3 Å².